The third-order valence-corrected chi connectivity index (χ3v) is 2.19. The molecular weight excluding hydrogens is 174 g/mol. The molecule has 14 heavy (non-hydrogen) atoms. The molecule has 0 aliphatic carbocycles. The molecule has 0 atom stereocenters. The first-order valence-corrected chi connectivity index (χ1v) is 4.79. The van der Waals surface area contributed by atoms with Crippen LogP contribution in [-0.4, -0.2) is 18.0 Å². The van der Waals surface area contributed by atoms with Crippen LogP contribution in [-0.2, 0) is 0 Å². The fourth-order valence-electron chi connectivity index (χ4n) is 1.43. The number of hydrogen-bond donors (Lipinski definition) is 0. The minimum atomic E-state index is 0.151. The zero-order chi connectivity index (χ0) is 10.2. The Morgan fingerprint density at radius 2 is 1.71 bits per heavy atom. The lowest BCUT2D eigenvalue weighted by molar-refractivity contribution is 0.309. The van der Waals surface area contributed by atoms with Gasteiger partial charge in [0.05, 0.1) is 0 Å². The minimum Gasteiger partial charge on any atom is -0.377 e. The summed E-state index contributed by atoms with van der Waals surface area (Å²) in [7, 11) is 0. The summed E-state index contributed by atoms with van der Waals surface area (Å²) in [6.07, 6.45) is 9.05. The SMILES string of the molecule is N#CC(C#N)=C/C=C/N1CCCCC1. The van der Waals surface area contributed by atoms with E-state index in [9.17, 15) is 0 Å². The predicted octanol–water partition coefficient (Wildman–Crippen LogP) is 1.96. The summed E-state index contributed by atoms with van der Waals surface area (Å²) < 4.78 is 0. The molecule has 0 bridgehead atoms. The molecule has 0 spiro atoms. The highest BCUT2D eigenvalue weighted by molar-refractivity contribution is 5.37. The predicted molar refractivity (Wildman–Crippen MR) is 53.9 cm³/mol. The number of nitrogens with zero attached hydrogens (tertiary/aromatic N) is 3. The van der Waals surface area contributed by atoms with Crippen molar-refractivity contribution in [3.05, 3.63) is 23.9 Å². The standard InChI is InChI=1S/C11H13N3/c12-9-11(10-13)5-4-8-14-6-2-1-3-7-14/h4-5,8H,1-3,6-7H2/b8-4+. The second-order valence-corrected chi connectivity index (χ2v) is 3.24. The van der Waals surface area contributed by atoms with Crippen molar-refractivity contribution >= 4 is 0 Å². The largest absolute Gasteiger partial charge is 0.377 e. The molecule has 1 aliphatic heterocycles. The van der Waals surface area contributed by atoms with Gasteiger partial charge in [0.15, 0.2) is 0 Å². The quantitative estimate of drug-likeness (QED) is 0.490. The van der Waals surface area contributed by atoms with Gasteiger partial charge < -0.3 is 4.90 Å². The van der Waals surface area contributed by atoms with Crippen LogP contribution in [0.4, 0.5) is 0 Å². The number of allylic oxidation sites excluding steroid dienone is 3. The second kappa shape index (κ2) is 5.83. The Hall–Kier alpha value is -1.74. The lowest BCUT2D eigenvalue weighted by Crippen LogP contribution is -2.23. The average Bonchev–Trinajstić information content (AvgIpc) is 2.26. The number of rotatable bonds is 2. The maximum atomic E-state index is 8.47. The highest BCUT2D eigenvalue weighted by Gasteiger charge is 2.04. The van der Waals surface area contributed by atoms with Crippen LogP contribution in [0.5, 0.6) is 0 Å². The van der Waals surface area contributed by atoms with Crippen LogP contribution in [0, 0.1) is 22.7 Å². The van der Waals surface area contributed by atoms with Gasteiger partial charge in [0.1, 0.15) is 17.7 Å². The molecule has 0 aromatic rings. The van der Waals surface area contributed by atoms with Gasteiger partial charge in [-0.05, 0) is 37.6 Å². The summed E-state index contributed by atoms with van der Waals surface area (Å²) in [5.74, 6) is 0. The fourth-order valence-corrected chi connectivity index (χ4v) is 1.43. The average molecular weight is 187 g/mol. The number of hydrogen-bond acceptors (Lipinski definition) is 3. The third-order valence-electron chi connectivity index (χ3n) is 2.19. The smallest absolute Gasteiger partial charge is 0.129 e. The van der Waals surface area contributed by atoms with Crippen molar-refractivity contribution in [1.29, 1.82) is 10.5 Å². The van der Waals surface area contributed by atoms with Crippen LogP contribution in [0.2, 0.25) is 0 Å². The molecule has 1 fully saturated rings. The lowest BCUT2D eigenvalue weighted by atomic mass is 10.1. The number of piperidine rings is 1. The van der Waals surface area contributed by atoms with Crippen molar-refractivity contribution in [2.75, 3.05) is 13.1 Å². The summed E-state index contributed by atoms with van der Waals surface area (Å²) in [5, 5.41) is 16.9. The van der Waals surface area contributed by atoms with Gasteiger partial charge in [-0.15, -0.1) is 0 Å². The van der Waals surface area contributed by atoms with Gasteiger partial charge in [-0.2, -0.15) is 10.5 Å². The molecule has 1 saturated heterocycles. The number of likely N-dealkylation sites (tertiary alicyclic amines) is 1. The van der Waals surface area contributed by atoms with E-state index in [0.717, 1.165) is 13.1 Å². The topological polar surface area (TPSA) is 50.8 Å². The van der Waals surface area contributed by atoms with E-state index in [4.69, 9.17) is 10.5 Å². The molecule has 0 unspecified atom stereocenters. The Morgan fingerprint density at radius 3 is 2.29 bits per heavy atom. The summed E-state index contributed by atoms with van der Waals surface area (Å²) in [4.78, 5) is 2.21. The first-order valence-electron chi connectivity index (χ1n) is 4.79. The van der Waals surface area contributed by atoms with Gasteiger partial charge in [0.25, 0.3) is 0 Å². The minimum absolute atomic E-state index is 0.151. The highest BCUT2D eigenvalue weighted by Crippen LogP contribution is 2.08. The normalized spacial score (nSPS) is 16.0. The molecule has 0 saturated carbocycles. The molecular formula is C11H13N3. The third kappa shape index (κ3) is 3.33. The summed E-state index contributed by atoms with van der Waals surface area (Å²) in [6, 6.07) is 3.64. The molecule has 1 rings (SSSR count). The second-order valence-electron chi connectivity index (χ2n) is 3.24. The lowest BCUT2D eigenvalue weighted by Gasteiger charge is -2.24. The molecule has 1 heterocycles. The van der Waals surface area contributed by atoms with Crippen molar-refractivity contribution in [1.82, 2.24) is 4.90 Å². The summed E-state index contributed by atoms with van der Waals surface area (Å²) in [5.41, 5.74) is 0.151. The van der Waals surface area contributed by atoms with Crippen molar-refractivity contribution < 1.29 is 0 Å². The molecule has 72 valence electrons. The van der Waals surface area contributed by atoms with Gasteiger partial charge in [0, 0.05) is 13.1 Å². The van der Waals surface area contributed by atoms with Gasteiger partial charge in [0.2, 0.25) is 0 Å². The monoisotopic (exact) mass is 187 g/mol. The van der Waals surface area contributed by atoms with Gasteiger partial charge in [-0.25, -0.2) is 0 Å². The Morgan fingerprint density at radius 1 is 1.07 bits per heavy atom. The van der Waals surface area contributed by atoms with Crippen molar-refractivity contribution in [3.8, 4) is 12.1 Å². The maximum absolute atomic E-state index is 8.47. The summed E-state index contributed by atoms with van der Waals surface area (Å²) >= 11 is 0. The zero-order valence-electron chi connectivity index (χ0n) is 8.11. The first kappa shape index (κ1) is 10.3. The van der Waals surface area contributed by atoms with Gasteiger partial charge >= 0.3 is 0 Å². The van der Waals surface area contributed by atoms with E-state index >= 15 is 0 Å². The Labute approximate surface area is 84.5 Å². The van der Waals surface area contributed by atoms with Crippen LogP contribution in [0.3, 0.4) is 0 Å². The molecule has 0 N–H and O–H groups in total. The van der Waals surface area contributed by atoms with Crippen LogP contribution in [0.1, 0.15) is 19.3 Å². The first-order chi connectivity index (χ1) is 6.86. The molecule has 1 aliphatic rings. The van der Waals surface area contributed by atoms with Crippen molar-refractivity contribution in [2.45, 2.75) is 19.3 Å². The molecule has 0 aromatic carbocycles. The van der Waals surface area contributed by atoms with E-state index in [1.165, 1.54) is 19.3 Å². The van der Waals surface area contributed by atoms with Crippen molar-refractivity contribution in [3.63, 3.8) is 0 Å². The maximum Gasteiger partial charge on any atom is 0.129 e. The summed E-state index contributed by atoms with van der Waals surface area (Å²) in [6.45, 7) is 2.16. The van der Waals surface area contributed by atoms with Gasteiger partial charge in [-0.1, -0.05) is 0 Å². The van der Waals surface area contributed by atoms with E-state index in [1.54, 1.807) is 12.2 Å². The highest BCUT2D eigenvalue weighted by atomic mass is 15.1. The molecule has 0 amide bonds. The zero-order valence-corrected chi connectivity index (χ0v) is 8.11. The number of nitriles is 2. The van der Waals surface area contributed by atoms with Crippen molar-refractivity contribution in [2.24, 2.45) is 0 Å². The fraction of sp³-hybridized carbons (Fsp3) is 0.455. The van der Waals surface area contributed by atoms with E-state index in [1.807, 2.05) is 18.3 Å². The molecule has 0 radical (unpaired) electrons. The van der Waals surface area contributed by atoms with Crippen LogP contribution in [0.25, 0.3) is 0 Å². The van der Waals surface area contributed by atoms with E-state index in [0.29, 0.717) is 0 Å². The Bertz CT molecular complexity index is 292. The molecule has 0 aromatic heterocycles. The van der Waals surface area contributed by atoms with Crippen LogP contribution in [0.15, 0.2) is 23.9 Å². The van der Waals surface area contributed by atoms with Gasteiger partial charge in [-0.3, -0.25) is 0 Å². The molecule has 3 nitrogen and oxygen atoms in total. The van der Waals surface area contributed by atoms with E-state index in [2.05, 4.69) is 4.90 Å². The molecule has 3 heteroatoms. The Balaban J connectivity index is 2.44. The van der Waals surface area contributed by atoms with E-state index in [-0.39, 0.29) is 5.57 Å². The van der Waals surface area contributed by atoms with E-state index < -0.39 is 0 Å². The van der Waals surface area contributed by atoms with Crippen LogP contribution >= 0.6 is 0 Å². The van der Waals surface area contributed by atoms with Crippen LogP contribution < -0.4 is 0 Å². The Kier molecular flexibility index (Phi) is 4.31.